The number of carbonyl (C=O) groups excluding carboxylic acids is 1. The molecule has 2 heterocycles. The number of aliphatic hydroxyl groups excluding tert-OH is 1. The Morgan fingerprint density at radius 3 is 2.57 bits per heavy atom. The number of nitrogens with zero attached hydrogens (tertiary/aromatic N) is 3. The molecule has 0 aromatic carbocycles. The predicted molar refractivity (Wildman–Crippen MR) is 82.9 cm³/mol. The van der Waals surface area contributed by atoms with E-state index in [0.717, 1.165) is 52.0 Å². The highest BCUT2D eigenvalue weighted by atomic mass is 16.3. The molecule has 6 heteroatoms. The van der Waals surface area contributed by atoms with E-state index in [1.807, 2.05) is 19.0 Å². The second-order valence-corrected chi connectivity index (χ2v) is 6.68. The maximum Gasteiger partial charge on any atom is 0.239 e. The molecule has 2 aliphatic heterocycles. The quantitative estimate of drug-likeness (QED) is 0.694. The molecule has 0 aromatic heterocycles. The first-order valence-electron chi connectivity index (χ1n) is 8.05. The zero-order valence-corrected chi connectivity index (χ0v) is 13.4. The Labute approximate surface area is 127 Å². The van der Waals surface area contributed by atoms with Crippen LogP contribution in [0.15, 0.2) is 0 Å². The monoisotopic (exact) mass is 298 g/mol. The average Bonchev–Trinajstić information content (AvgIpc) is 2.79. The number of likely N-dealkylation sites (tertiary alicyclic amines) is 2. The Morgan fingerprint density at radius 2 is 2.05 bits per heavy atom. The number of nitrogens with two attached hydrogens (primary N) is 1. The molecule has 3 N–H and O–H groups in total. The standard InChI is InChI=1S/C15H30N4O2/c1-17-11-13(16)9-14(17)15(21)18(2)10-12-3-5-19(6-4-12)7-8-20/h12-14,20H,3-11,16H2,1-2H3/t13-,14-/m0/s1. The van der Waals surface area contributed by atoms with Crippen LogP contribution < -0.4 is 5.73 Å². The zero-order chi connectivity index (χ0) is 15.4. The molecule has 2 fully saturated rings. The van der Waals surface area contributed by atoms with E-state index in [0.29, 0.717) is 5.92 Å². The fraction of sp³-hybridized carbons (Fsp3) is 0.933. The van der Waals surface area contributed by atoms with Gasteiger partial charge in [-0.2, -0.15) is 0 Å². The highest BCUT2D eigenvalue weighted by Crippen LogP contribution is 2.20. The maximum absolute atomic E-state index is 12.5. The Bertz CT molecular complexity index is 345. The molecule has 0 aliphatic carbocycles. The lowest BCUT2D eigenvalue weighted by molar-refractivity contribution is -0.135. The van der Waals surface area contributed by atoms with E-state index < -0.39 is 0 Å². The van der Waals surface area contributed by atoms with Gasteiger partial charge in [0.15, 0.2) is 0 Å². The smallest absolute Gasteiger partial charge is 0.239 e. The van der Waals surface area contributed by atoms with Crippen LogP contribution >= 0.6 is 0 Å². The number of hydrogen-bond acceptors (Lipinski definition) is 5. The van der Waals surface area contributed by atoms with E-state index in [1.165, 1.54) is 0 Å². The van der Waals surface area contributed by atoms with E-state index in [2.05, 4.69) is 9.80 Å². The van der Waals surface area contributed by atoms with Crippen LogP contribution in [0.5, 0.6) is 0 Å². The lowest BCUT2D eigenvalue weighted by Crippen LogP contribution is -2.45. The number of piperidine rings is 1. The first kappa shape index (κ1) is 16.7. The van der Waals surface area contributed by atoms with E-state index in [4.69, 9.17) is 10.8 Å². The third kappa shape index (κ3) is 4.39. The number of hydrogen-bond donors (Lipinski definition) is 2. The number of aliphatic hydroxyl groups is 1. The summed E-state index contributed by atoms with van der Waals surface area (Å²) in [6.45, 7) is 4.71. The molecular weight excluding hydrogens is 268 g/mol. The molecule has 0 radical (unpaired) electrons. The average molecular weight is 298 g/mol. The molecule has 2 atom stereocenters. The van der Waals surface area contributed by atoms with E-state index in [9.17, 15) is 4.79 Å². The summed E-state index contributed by atoms with van der Waals surface area (Å²) in [4.78, 5) is 18.8. The molecule has 0 aromatic rings. The number of likely N-dealkylation sites (N-methyl/N-ethyl adjacent to an activating group) is 2. The van der Waals surface area contributed by atoms with E-state index >= 15 is 0 Å². The van der Waals surface area contributed by atoms with Crippen molar-refractivity contribution in [3.05, 3.63) is 0 Å². The minimum absolute atomic E-state index is 0.0422. The number of β-amino-alcohol motifs (C(OH)–C–C–N with tert-alkyl or cyclic N) is 1. The topological polar surface area (TPSA) is 73.0 Å². The summed E-state index contributed by atoms with van der Waals surface area (Å²) < 4.78 is 0. The minimum atomic E-state index is -0.0422. The van der Waals surface area contributed by atoms with Crippen molar-refractivity contribution in [1.82, 2.24) is 14.7 Å². The van der Waals surface area contributed by atoms with E-state index in [-0.39, 0.29) is 24.6 Å². The first-order valence-corrected chi connectivity index (χ1v) is 8.05. The summed E-state index contributed by atoms with van der Waals surface area (Å²) in [6.07, 6.45) is 2.99. The molecule has 6 nitrogen and oxygen atoms in total. The van der Waals surface area contributed by atoms with Crippen LogP contribution in [0.2, 0.25) is 0 Å². The largest absolute Gasteiger partial charge is 0.395 e. The molecule has 0 saturated carbocycles. The van der Waals surface area contributed by atoms with Gasteiger partial charge < -0.3 is 20.6 Å². The van der Waals surface area contributed by atoms with Gasteiger partial charge in [0.05, 0.1) is 12.6 Å². The van der Waals surface area contributed by atoms with Crippen LogP contribution in [0.25, 0.3) is 0 Å². The van der Waals surface area contributed by atoms with Crippen LogP contribution in [0.4, 0.5) is 0 Å². The van der Waals surface area contributed by atoms with Crippen molar-refractivity contribution in [1.29, 1.82) is 0 Å². The van der Waals surface area contributed by atoms with Crippen molar-refractivity contribution in [2.24, 2.45) is 11.7 Å². The van der Waals surface area contributed by atoms with Gasteiger partial charge in [0.25, 0.3) is 0 Å². The minimum Gasteiger partial charge on any atom is -0.395 e. The van der Waals surface area contributed by atoms with Crippen molar-refractivity contribution in [3.8, 4) is 0 Å². The Balaban J connectivity index is 1.77. The van der Waals surface area contributed by atoms with Gasteiger partial charge in [0.1, 0.15) is 0 Å². The number of amides is 1. The van der Waals surface area contributed by atoms with Crippen molar-refractivity contribution in [2.75, 3.05) is 53.4 Å². The SMILES string of the molecule is CN(CC1CCN(CCO)CC1)C(=O)[C@@H]1C[C@H](N)CN1C. The lowest BCUT2D eigenvalue weighted by Gasteiger charge is -2.34. The zero-order valence-electron chi connectivity index (χ0n) is 13.4. The van der Waals surface area contributed by atoms with Gasteiger partial charge in [-0.1, -0.05) is 0 Å². The van der Waals surface area contributed by atoms with Gasteiger partial charge in [-0.05, 0) is 45.3 Å². The summed E-state index contributed by atoms with van der Waals surface area (Å²) in [5.41, 5.74) is 5.94. The summed E-state index contributed by atoms with van der Waals surface area (Å²) in [5, 5.41) is 8.96. The first-order chi connectivity index (χ1) is 10.0. The third-order valence-corrected chi connectivity index (χ3v) is 4.90. The van der Waals surface area contributed by atoms with Gasteiger partial charge in [0, 0.05) is 32.7 Å². The number of rotatable bonds is 5. The van der Waals surface area contributed by atoms with Crippen molar-refractivity contribution >= 4 is 5.91 Å². The highest BCUT2D eigenvalue weighted by Gasteiger charge is 2.34. The molecule has 0 bridgehead atoms. The maximum atomic E-state index is 12.5. The van der Waals surface area contributed by atoms with Gasteiger partial charge in [-0.3, -0.25) is 9.69 Å². The molecule has 1 amide bonds. The summed E-state index contributed by atoms with van der Waals surface area (Å²) in [7, 11) is 3.90. The molecule has 21 heavy (non-hydrogen) atoms. The third-order valence-electron chi connectivity index (χ3n) is 4.90. The Hall–Kier alpha value is -0.690. The molecule has 2 rings (SSSR count). The molecule has 122 valence electrons. The Morgan fingerprint density at radius 1 is 1.38 bits per heavy atom. The van der Waals surface area contributed by atoms with Crippen LogP contribution in [-0.2, 0) is 4.79 Å². The van der Waals surface area contributed by atoms with Gasteiger partial charge in [0.2, 0.25) is 5.91 Å². The van der Waals surface area contributed by atoms with Crippen LogP contribution in [0.1, 0.15) is 19.3 Å². The normalized spacial score (nSPS) is 29.0. The molecule has 2 aliphatic rings. The lowest BCUT2D eigenvalue weighted by atomic mass is 9.96. The second-order valence-electron chi connectivity index (χ2n) is 6.68. The van der Waals surface area contributed by atoms with Crippen LogP contribution in [0, 0.1) is 5.92 Å². The van der Waals surface area contributed by atoms with E-state index in [1.54, 1.807) is 0 Å². The number of carbonyl (C=O) groups is 1. The van der Waals surface area contributed by atoms with Gasteiger partial charge in [-0.25, -0.2) is 0 Å². The second kappa shape index (κ2) is 7.54. The summed E-state index contributed by atoms with van der Waals surface area (Å²) >= 11 is 0. The fourth-order valence-corrected chi connectivity index (χ4v) is 3.59. The summed E-state index contributed by atoms with van der Waals surface area (Å²) in [6, 6.07) is 0.0820. The van der Waals surface area contributed by atoms with Crippen LogP contribution in [0.3, 0.4) is 0 Å². The van der Waals surface area contributed by atoms with Crippen molar-refractivity contribution in [2.45, 2.75) is 31.3 Å². The Kier molecular flexibility index (Phi) is 5.98. The fourth-order valence-electron chi connectivity index (χ4n) is 3.59. The predicted octanol–water partition coefficient (Wildman–Crippen LogP) is -0.819. The molecule has 2 saturated heterocycles. The summed E-state index contributed by atoms with van der Waals surface area (Å²) in [5.74, 6) is 0.789. The van der Waals surface area contributed by atoms with Crippen molar-refractivity contribution in [3.63, 3.8) is 0 Å². The highest BCUT2D eigenvalue weighted by molar-refractivity contribution is 5.82. The van der Waals surface area contributed by atoms with Crippen molar-refractivity contribution < 1.29 is 9.90 Å². The van der Waals surface area contributed by atoms with Crippen LogP contribution in [-0.4, -0.2) is 91.2 Å². The van der Waals surface area contributed by atoms with Gasteiger partial charge in [-0.15, -0.1) is 0 Å². The molecular formula is C15H30N4O2. The van der Waals surface area contributed by atoms with Gasteiger partial charge >= 0.3 is 0 Å². The molecule has 0 spiro atoms. The molecule has 0 unspecified atom stereocenters.